The van der Waals surface area contributed by atoms with Crippen LogP contribution in [0.2, 0.25) is 0 Å². The highest BCUT2D eigenvalue weighted by molar-refractivity contribution is 5.94. The summed E-state index contributed by atoms with van der Waals surface area (Å²) in [5.41, 5.74) is 0.770. The van der Waals surface area contributed by atoms with E-state index in [9.17, 15) is 4.79 Å². The molecule has 0 saturated carbocycles. The van der Waals surface area contributed by atoms with Gasteiger partial charge < -0.3 is 15.0 Å². The molecule has 0 spiro atoms. The highest BCUT2D eigenvalue weighted by Gasteiger charge is 2.21. The Hall–Kier alpha value is -1.55. The van der Waals surface area contributed by atoms with Gasteiger partial charge in [-0.15, -0.1) is 0 Å². The Morgan fingerprint density at radius 1 is 1.22 bits per heavy atom. The molecular weight excluding hydrogens is 288 g/mol. The molecule has 2 fully saturated rings. The van der Waals surface area contributed by atoms with Crippen LogP contribution in [-0.2, 0) is 0 Å². The first-order valence-corrected chi connectivity index (χ1v) is 8.95. The van der Waals surface area contributed by atoms with E-state index in [0.29, 0.717) is 5.92 Å². The number of ether oxygens (including phenoxy) is 1. The molecule has 2 aliphatic heterocycles. The van der Waals surface area contributed by atoms with Crippen LogP contribution in [0.5, 0.6) is 5.75 Å². The molecule has 126 valence electrons. The number of nitrogens with zero attached hydrogens (tertiary/aromatic N) is 1. The molecule has 1 aromatic carbocycles. The van der Waals surface area contributed by atoms with Crippen LogP contribution in [0.15, 0.2) is 24.3 Å². The van der Waals surface area contributed by atoms with E-state index in [4.69, 9.17) is 4.74 Å². The van der Waals surface area contributed by atoms with Gasteiger partial charge >= 0.3 is 0 Å². The number of hydrogen-bond donors (Lipinski definition) is 1. The molecule has 0 unspecified atom stereocenters. The summed E-state index contributed by atoms with van der Waals surface area (Å²) >= 11 is 0. The van der Waals surface area contributed by atoms with Crippen LogP contribution < -0.4 is 10.1 Å². The van der Waals surface area contributed by atoms with Gasteiger partial charge in [0.2, 0.25) is 0 Å². The second kappa shape index (κ2) is 7.82. The van der Waals surface area contributed by atoms with Crippen molar-refractivity contribution in [3.8, 4) is 5.75 Å². The Bertz CT molecular complexity index is 501. The van der Waals surface area contributed by atoms with E-state index in [1.54, 1.807) is 0 Å². The van der Waals surface area contributed by atoms with Crippen molar-refractivity contribution in [3.05, 3.63) is 29.8 Å². The summed E-state index contributed by atoms with van der Waals surface area (Å²) in [6.45, 7) is 6.95. The molecule has 4 heteroatoms. The Kier molecular flexibility index (Phi) is 5.55. The zero-order chi connectivity index (χ0) is 16.1. The Labute approximate surface area is 139 Å². The molecule has 0 aromatic heterocycles. The molecule has 3 rings (SSSR count). The topological polar surface area (TPSA) is 41.6 Å². The summed E-state index contributed by atoms with van der Waals surface area (Å²) in [6.07, 6.45) is 4.69. The van der Waals surface area contributed by atoms with Gasteiger partial charge in [0.25, 0.3) is 5.91 Å². The lowest BCUT2D eigenvalue weighted by Gasteiger charge is -2.30. The fourth-order valence-corrected chi connectivity index (χ4v) is 3.37. The Balaban J connectivity index is 1.51. The fourth-order valence-electron chi connectivity index (χ4n) is 3.37. The summed E-state index contributed by atoms with van der Waals surface area (Å²) in [5, 5.41) is 3.40. The maximum Gasteiger partial charge on any atom is 0.253 e. The number of carbonyl (C=O) groups excluding carboxylic acids is 1. The lowest BCUT2D eigenvalue weighted by Crippen LogP contribution is -2.37. The van der Waals surface area contributed by atoms with Gasteiger partial charge in [0.05, 0.1) is 6.61 Å². The highest BCUT2D eigenvalue weighted by atomic mass is 16.5. The van der Waals surface area contributed by atoms with Crippen molar-refractivity contribution >= 4 is 5.91 Å². The van der Waals surface area contributed by atoms with Crippen molar-refractivity contribution in [2.24, 2.45) is 11.8 Å². The normalized spacial score (nSPS) is 22.8. The van der Waals surface area contributed by atoms with Crippen molar-refractivity contribution < 1.29 is 9.53 Å². The van der Waals surface area contributed by atoms with Crippen molar-refractivity contribution in [2.45, 2.75) is 32.6 Å². The fraction of sp³-hybridized carbons (Fsp3) is 0.632. The predicted molar refractivity (Wildman–Crippen MR) is 91.8 cm³/mol. The van der Waals surface area contributed by atoms with Gasteiger partial charge in [0.1, 0.15) is 5.75 Å². The molecule has 0 bridgehead atoms. The van der Waals surface area contributed by atoms with E-state index >= 15 is 0 Å². The standard InChI is InChI=1S/C19H28N2O2/c1-15-8-11-21(12-9-15)19(22)17-4-6-18(7-5-17)23-14-16-3-2-10-20-13-16/h4-7,15-16,20H,2-3,8-14H2,1H3/t16-/m1/s1. The third-order valence-corrected chi connectivity index (χ3v) is 5.06. The Morgan fingerprint density at radius 3 is 2.61 bits per heavy atom. The minimum atomic E-state index is 0.153. The first kappa shape index (κ1) is 16.3. The van der Waals surface area contributed by atoms with E-state index in [2.05, 4.69) is 12.2 Å². The summed E-state index contributed by atoms with van der Waals surface area (Å²) in [7, 11) is 0. The number of carbonyl (C=O) groups is 1. The van der Waals surface area contributed by atoms with Crippen LogP contribution in [0.3, 0.4) is 0 Å². The van der Waals surface area contributed by atoms with Gasteiger partial charge in [-0.1, -0.05) is 6.92 Å². The largest absolute Gasteiger partial charge is 0.493 e. The second-order valence-electron chi connectivity index (χ2n) is 7.02. The van der Waals surface area contributed by atoms with Gasteiger partial charge in [-0.2, -0.15) is 0 Å². The zero-order valence-electron chi connectivity index (χ0n) is 14.1. The smallest absolute Gasteiger partial charge is 0.253 e. The first-order valence-electron chi connectivity index (χ1n) is 8.95. The summed E-state index contributed by atoms with van der Waals surface area (Å²) < 4.78 is 5.87. The second-order valence-corrected chi connectivity index (χ2v) is 7.02. The van der Waals surface area contributed by atoms with Crippen LogP contribution in [0.25, 0.3) is 0 Å². The number of nitrogens with one attached hydrogen (secondary N) is 1. The molecule has 1 aromatic rings. The SMILES string of the molecule is CC1CCN(C(=O)c2ccc(OC[C@@H]3CCCNC3)cc2)CC1. The van der Waals surface area contributed by atoms with Gasteiger partial charge in [-0.3, -0.25) is 4.79 Å². The average molecular weight is 316 g/mol. The van der Waals surface area contributed by atoms with Crippen molar-refractivity contribution in [2.75, 3.05) is 32.8 Å². The number of benzene rings is 1. The predicted octanol–water partition coefficient (Wildman–Crippen LogP) is 2.94. The molecule has 0 radical (unpaired) electrons. The third-order valence-electron chi connectivity index (χ3n) is 5.06. The van der Waals surface area contributed by atoms with Crippen LogP contribution >= 0.6 is 0 Å². The average Bonchev–Trinajstić information content (AvgIpc) is 2.61. The van der Waals surface area contributed by atoms with Crippen LogP contribution in [-0.4, -0.2) is 43.6 Å². The van der Waals surface area contributed by atoms with Gasteiger partial charge in [0.15, 0.2) is 0 Å². The molecule has 1 atom stereocenters. The molecule has 0 aliphatic carbocycles. The van der Waals surface area contributed by atoms with Crippen LogP contribution in [0.4, 0.5) is 0 Å². The maximum atomic E-state index is 12.5. The van der Waals surface area contributed by atoms with Gasteiger partial charge in [-0.05, 0) is 62.4 Å². The summed E-state index contributed by atoms with van der Waals surface area (Å²) in [4.78, 5) is 14.5. The molecule has 1 amide bonds. The molecule has 1 N–H and O–H groups in total. The number of hydrogen-bond acceptors (Lipinski definition) is 3. The van der Waals surface area contributed by atoms with Crippen molar-refractivity contribution in [1.82, 2.24) is 10.2 Å². The highest BCUT2D eigenvalue weighted by Crippen LogP contribution is 2.20. The molecule has 23 heavy (non-hydrogen) atoms. The third kappa shape index (κ3) is 4.47. The number of piperidine rings is 2. The van der Waals surface area contributed by atoms with Crippen LogP contribution in [0, 0.1) is 11.8 Å². The molecule has 2 aliphatic rings. The molecular formula is C19H28N2O2. The van der Waals surface area contributed by atoms with E-state index in [0.717, 1.165) is 62.9 Å². The number of rotatable bonds is 4. The monoisotopic (exact) mass is 316 g/mol. The van der Waals surface area contributed by atoms with Gasteiger partial charge in [0, 0.05) is 31.1 Å². The summed E-state index contributed by atoms with van der Waals surface area (Å²) in [6, 6.07) is 7.65. The van der Waals surface area contributed by atoms with E-state index in [1.807, 2.05) is 29.2 Å². The van der Waals surface area contributed by atoms with Crippen LogP contribution in [0.1, 0.15) is 43.0 Å². The minimum Gasteiger partial charge on any atom is -0.493 e. The number of likely N-dealkylation sites (tertiary alicyclic amines) is 1. The molecule has 2 heterocycles. The first-order chi connectivity index (χ1) is 11.2. The Morgan fingerprint density at radius 2 is 1.96 bits per heavy atom. The van der Waals surface area contributed by atoms with E-state index < -0.39 is 0 Å². The minimum absolute atomic E-state index is 0.153. The lowest BCUT2D eigenvalue weighted by atomic mass is 9.98. The molecule has 2 saturated heterocycles. The molecule has 4 nitrogen and oxygen atoms in total. The number of amides is 1. The maximum absolute atomic E-state index is 12.5. The van der Waals surface area contributed by atoms with Gasteiger partial charge in [-0.25, -0.2) is 0 Å². The lowest BCUT2D eigenvalue weighted by molar-refractivity contribution is 0.0697. The zero-order valence-corrected chi connectivity index (χ0v) is 14.1. The van der Waals surface area contributed by atoms with Crippen molar-refractivity contribution in [1.29, 1.82) is 0 Å². The van der Waals surface area contributed by atoms with Crippen molar-refractivity contribution in [3.63, 3.8) is 0 Å². The summed E-state index contributed by atoms with van der Waals surface area (Å²) in [5.74, 6) is 2.35. The quantitative estimate of drug-likeness (QED) is 0.928. The van der Waals surface area contributed by atoms with E-state index in [-0.39, 0.29) is 5.91 Å². The van der Waals surface area contributed by atoms with E-state index in [1.165, 1.54) is 12.8 Å².